The predicted octanol–water partition coefficient (Wildman–Crippen LogP) is 7.99. The van der Waals surface area contributed by atoms with Crippen LogP contribution in [0.4, 0.5) is 0 Å². The molecule has 3 aromatic carbocycles. The number of halogens is 3. The van der Waals surface area contributed by atoms with Crippen molar-refractivity contribution in [2.45, 2.75) is 37.9 Å². The van der Waals surface area contributed by atoms with Gasteiger partial charge in [0.25, 0.3) is 0 Å². The van der Waals surface area contributed by atoms with Gasteiger partial charge >= 0.3 is 42.6 Å². The van der Waals surface area contributed by atoms with Crippen LogP contribution in [0.15, 0.2) is 72.8 Å². The Kier molecular flexibility index (Phi) is 8.51. The molecule has 0 fully saturated rings. The third-order valence-corrected chi connectivity index (χ3v) is 10.8. The van der Waals surface area contributed by atoms with Crippen molar-refractivity contribution < 1.29 is 14.7 Å². The quantitative estimate of drug-likeness (QED) is 0.248. The first-order chi connectivity index (χ1) is 14.0. The van der Waals surface area contributed by atoms with Gasteiger partial charge in [0.1, 0.15) is 0 Å². The van der Waals surface area contributed by atoms with E-state index in [2.05, 4.69) is 92.3 Å². The molecule has 0 aliphatic heterocycles. The van der Waals surface area contributed by atoms with Gasteiger partial charge in [0.15, 0.2) is 0 Å². The molecule has 29 heavy (non-hydrogen) atoms. The van der Waals surface area contributed by atoms with Crippen LogP contribution < -0.4 is 5.19 Å². The fraction of sp³-hybridized carbons (Fsp3) is 0.250. The van der Waals surface area contributed by atoms with E-state index in [1.807, 2.05) is 0 Å². The summed E-state index contributed by atoms with van der Waals surface area (Å²) >= 11 is -1.92. The molecular weight excluding hydrogens is 471 g/mol. The molecule has 150 valence electrons. The summed E-state index contributed by atoms with van der Waals surface area (Å²) in [5.41, 5.74) is 6.28. The summed E-state index contributed by atoms with van der Waals surface area (Å²) in [5, 5.41) is 1.58. The van der Waals surface area contributed by atoms with Crippen molar-refractivity contribution in [1.29, 1.82) is 0 Å². The van der Waals surface area contributed by atoms with E-state index in [-0.39, 0.29) is 0 Å². The van der Waals surface area contributed by atoms with Gasteiger partial charge in [-0.2, -0.15) is 24.3 Å². The van der Waals surface area contributed by atoms with Crippen molar-refractivity contribution >= 4 is 41.2 Å². The number of benzene rings is 3. The van der Waals surface area contributed by atoms with E-state index in [4.69, 9.17) is 27.9 Å². The van der Waals surface area contributed by atoms with Gasteiger partial charge in [0.2, 0.25) is 0 Å². The van der Waals surface area contributed by atoms with Crippen molar-refractivity contribution in [2.24, 2.45) is 0 Å². The second kappa shape index (κ2) is 10.7. The fourth-order valence-electron chi connectivity index (χ4n) is 4.55. The average molecular weight is 496 g/mol. The zero-order chi connectivity index (χ0) is 20.9. The topological polar surface area (TPSA) is 0 Å². The van der Waals surface area contributed by atoms with E-state index in [1.165, 1.54) is 41.1 Å². The first-order valence-electron chi connectivity index (χ1n) is 9.98. The van der Waals surface area contributed by atoms with Gasteiger partial charge < -0.3 is 0 Å². The Hall–Kier alpha value is -0.539. The molecule has 3 aromatic rings. The molecule has 0 nitrogen and oxygen atoms in total. The van der Waals surface area contributed by atoms with Crippen LogP contribution in [-0.4, -0.2) is 8.07 Å². The van der Waals surface area contributed by atoms with Crippen molar-refractivity contribution in [3.8, 4) is 11.1 Å². The Bertz CT molecular complexity index is 884. The monoisotopic (exact) mass is 494 g/mol. The third-order valence-electron chi connectivity index (χ3n) is 5.86. The summed E-state index contributed by atoms with van der Waals surface area (Å²) in [6.45, 7) is 4.90. The minimum atomic E-state index is -1.92. The molecule has 1 aliphatic carbocycles. The van der Waals surface area contributed by atoms with Gasteiger partial charge in [-0.3, -0.25) is 0 Å². The second-order valence-electron chi connectivity index (χ2n) is 7.62. The molecule has 0 bridgehead atoms. The molecule has 2 unspecified atom stereocenters. The van der Waals surface area contributed by atoms with E-state index in [9.17, 15) is 0 Å². The third kappa shape index (κ3) is 5.21. The van der Waals surface area contributed by atoms with Crippen molar-refractivity contribution in [3.05, 3.63) is 90.0 Å². The standard InChI is InChI=1S/C24H25Si.3ClH.Ti/c1-3-4-18-25(2,19-12-6-5-7-13-19)24-22-16-10-8-14-20(22)21-15-9-11-17-23(21)24;;;;/h5-16,24H,3-4,18H2,1-2H3;3*1H;/q-1;;;;+4/p-3. The average Bonchev–Trinajstić information content (AvgIpc) is 3.07. The van der Waals surface area contributed by atoms with Crippen molar-refractivity contribution in [3.63, 3.8) is 0 Å². The molecule has 0 heterocycles. The van der Waals surface area contributed by atoms with Gasteiger partial charge in [-0.1, -0.05) is 97.7 Å². The van der Waals surface area contributed by atoms with Crippen LogP contribution in [0.2, 0.25) is 12.6 Å². The zero-order valence-corrected chi connectivity index (χ0v) is 21.6. The van der Waals surface area contributed by atoms with Gasteiger partial charge in [0.05, 0.1) is 8.07 Å². The van der Waals surface area contributed by atoms with Crippen LogP contribution in [0.1, 0.15) is 36.4 Å². The molecule has 5 heteroatoms. The molecule has 0 saturated carbocycles. The summed E-state index contributed by atoms with van der Waals surface area (Å²) in [5.74, 6) is 0. The van der Waals surface area contributed by atoms with Crippen LogP contribution in [0, 0.1) is 6.07 Å². The maximum atomic E-state index is 4.97. The molecule has 4 rings (SSSR count). The summed E-state index contributed by atoms with van der Waals surface area (Å²) in [6.07, 6.45) is 2.56. The summed E-state index contributed by atoms with van der Waals surface area (Å²) in [4.78, 5) is 0. The van der Waals surface area contributed by atoms with Crippen LogP contribution in [-0.2, 0) is 14.7 Å². The molecular formula is C24H25Cl3SiTi. The normalized spacial score (nSPS) is 16.1. The number of hydrogen-bond donors (Lipinski definition) is 0. The van der Waals surface area contributed by atoms with Gasteiger partial charge in [0, 0.05) is 0 Å². The predicted molar refractivity (Wildman–Crippen MR) is 128 cm³/mol. The van der Waals surface area contributed by atoms with Gasteiger partial charge in [-0.15, -0.1) is 11.1 Å². The Labute approximate surface area is 193 Å². The van der Waals surface area contributed by atoms with Crippen molar-refractivity contribution in [2.75, 3.05) is 0 Å². The Balaban J connectivity index is 0.000000552. The first-order valence-corrected chi connectivity index (χ1v) is 19.2. The molecule has 0 radical (unpaired) electrons. The SMILES string of the molecule is CCCC[Si](C)(c1ccccc1)C1c2[c-]cccc2-c2ccccc21.[Cl][Ti+]([Cl])[Cl]. The van der Waals surface area contributed by atoms with E-state index >= 15 is 0 Å². The minimum absolute atomic E-state index is 0.508. The maximum absolute atomic E-state index is 4.97. The van der Waals surface area contributed by atoms with E-state index in [0.717, 1.165) is 0 Å². The summed E-state index contributed by atoms with van der Waals surface area (Å²) < 4.78 is 0. The van der Waals surface area contributed by atoms with E-state index < -0.39 is 22.8 Å². The number of fused-ring (bicyclic) bond motifs is 3. The van der Waals surface area contributed by atoms with Crippen LogP contribution in [0.5, 0.6) is 0 Å². The van der Waals surface area contributed by atoms with Gasteiger partial charge in [-0.25, -0.2) is 0 Å². The Morgan fingerprint density at radius 2 is 1.52 bits per heavy atom. The van der Waals surface area contributed by atoms with Crippen molar-refractivity contribution in [1.82, 2.24) is 0 Å². The molecule has 2 atom stereocenters. The molecule has 0 saturated heterocycles. The summed E-state index contributed by atoms with van der Waals surface area (Å²) in [7, 11) is 13.2. The second-order valence-corrected chi connectivity index (χ2v) is 19.8. The van der Waals surface area contributed by atoms with E-state index in [1.54, 1.807) is 5.19 Å². The Morgan fingerprint density at radius 1 is 0.897 bits per heavy atom. The number of unbranched alkanes of at least 4 members (excludes halogenated alkanes) is 1. The number of hydrogen-bond acceptors (Lipinski definition) is 0. The van der Waals surface area contributed by atoms with Gasteiger partial charge in [-0.05, 0) is 11.1 Å². The Morgan fingerprint density at radius 3 is 2.21 bits per heavy atom. The fourth-order valence-corrected chi connectivity index (χ4v) is 9.32. The molecule has 0 aromatic heterocycles. The van der Waals surface area contributed by atoms with Crippen LogP contribution >= 0.6 is 27.9 Å². The first kappa shape index (κ1) is 23.1. The molecule has 1 aliphatic rings. The number of rotatable bonds is 5. The summed E-state index contributed by atoms with van der Waals surface area (Å²) in [6, 6.07) is 31.8. The van der Waals surface area contributed by atoms with Crippen LogP contribution in [0.3, 0.4) is 0 Å². The van der Waals surface area contributed by atoms with E-state index in [0.29, 0.717) is 5.54 Å². The zero-order valence-electron chi connectivity index (χ0n) is 16.8. The van der Waals surface area contributed by atoms with Crippen LogP contribution in [0.25, 0.3) is 11.1 Å². The molecule has 0 N–H and O–H groups in total. The molecule has 0 spiro atoms. The molecule has 0 amide bonds.